The first kappa shape index (κ1) is 22.5. The van der Waals surface area contributed by atoms with E-state index in [0.717, 1.165) is 41.1 Å². The number of carbonyl (C=O) groups excluding carboxylic acids is 1. The molecule has 1 saturated heterocycles. The second-order valence-corrected chi connectivity index (χ2v) is 9.09. The molecule has 1 amide bonds. The molecular formula is C24H27N5O4S. The van der Waals surface area contributed by atoms with Gasteiger partial charge in [0, 0.05) is 13.1 Å². The summed E-state index contributed by atoms with van der Waals surface area (Å²) in [4.78, 5) is 14.9. The molecule has 0 aliphatic carbocycles. The number of anilines is 1. The molecule has 3 heterocycles. The molecule has 1 N–H and O–H groups in total. The van der Waals surface area contributed by atoms with E-state index in [9.17, 15) is 4.79 Å². The van der Waals surface area contributed by atoms with Crippen molar-refractivity contribution in [3.8, 4) is 11.5 Å². The summed E-state index contributed by atoms with van der Waals surface area (Å²) in [6, 6.07) is 15.8. The molecule has 0 spiro atoms. The van der Waals surface area contributed by atoms with Gasteiger partial charge in [-0.3, -0.25) is 9.36 Å². The second-order valence-electron chi connectivity index (χ2n) is 8.14. The van der Waals surface area contributed by atoms with Gasteiger partial charge in [-0.15, -0.1) is 10.2 Å². The van der Waals surface area contributed by atoms with Gasteiger partial charge in [-0.1, -0.05) is 48.2 Å². The van der Waals surface area contributed by atoms with E-state index in [1.807, 2.05) is 43.3 Å². The zero-order chi connectivity index (χ0) is 23.3. The number of morpholine rings is 1. The van der Waals surface area contributed by atoms with Crippen molar-refractivity contribution >= 4 is 23.6 Å². The van der Waals surface area contributed by atoms with Gasteiger partial charge in [-0.25, -0.2) is 0 Å². The van der Waals surface area contributed by atoms with E-state index in [-0.39, 0.29) is 24.5 Å². The molecule has 34 heavy (non-hydrogen) atoms. The Kier molecular flexibility index (Phi) is 6.87. The molecule has 2 aromatic carbocycles. The number of nitrogens with zero attached hydrogens (tertiary/aromatic N) is 4. The number of hydrogen-bond acceptors (Lipinski definition) is 8. The third-order valence-electron chi connectivity index (χ3n) is 5.78. The quantitative estimate of drug-likeness (QED) is 0.491. The lowest BCUT2D eigenvalue weighted by Crippen LogP contribution is -2.38. The average molecular weight is 482 g/mol. The number of ether oxygens (including phenoxy) is 3. The Balaban J connectivity index is 1.26. The van der Waals surface area contributed by atoms with Gasteiger partial charge in [0.2, 0.25) is 18.6 Å². The van der Waals surface area contributed by atoms with Crippen LogP contribution < -0.4 is 19.7 Å². The SMILES string of the molecule is C[C@@H](NC(=O)CSc1nnc(N2CCOCC2)n1Cc1ccccc1)c1ccc2c(c1)OCO2. The number of aromatic nitrogens is 3. The molecule has 1 fully saturated rings. The molecule has 1 aromatic heterocycles. The lowest BCUT2D eigenvalue weighted by Gasteiger charge is -2.28. The number of rotatable bonds is 8. The Hall–Kier alpha value is -3.24. The predicted octanol–water partition coefficient (Wildman–Crippen LogP) is 2.86. The van der Waals surface area contributed by atoms with Crippen molar-refractivity contribution < 1.29 is 19.0 Å². The summed E-state index contributed by atoms with van der Waals surface area (Å²) in [7, 11) is 0. The van der Waals surface area contributed by atoms with Gasteiger partial charge in [0.1, 0.15) is 0 Å². The van der Waals surface area contributed by atoms with E-state index in [2.05, 4.69) is 37.1 Å². The maximum Gasteiger partial charge on any atom is 0.231 e. The highest BCUT2D eigenvalue weighted by molar-refractivity contribution is 7.99. The minimum absolute atomic E-state index is 0.0719. The summed E-state index contributed by atoms with van der Waals surface area (Å²) < 4.78 is 18.4. The zero-order valence-electron chi connectivity index (χ0n) is 19.0. The Bertz CT molecular complexity index is 1130. The first-order valence-electron chi connectivity index (χ1n) is 11.3. The van der Waals surface area contributed by atoms with Crippen LogP contribution >= 0.6 is 11.8 Å². The molecule has 0 saturated carbocycles. The van der Waals surface area contributed by atoms with Crippen LogP contribution in [0.15, 0.2) is 53.7 Å². The fraction of sp³-hybridized carbons (Fsp3) is 0.375. The van der Waals surface area contributed by atoms with E-state index in [0.29, 0.717) is 25.5 Å². The number of amides is 1. The molecule has 0 radical (unpaired) electrons. The minimum atomic E-state index is -0.159. The predicted molar refractivity (Wildman–Crippen MR) is 128 cm³/mol. The zero-order valence-corrected chi connectivity index (χ0v) is 19.8. The number of benzene rings is 2. The number of nitrogens with one attached hydrogen (secondary N) is 1. The van der Waals surface area contributed by atoms with Gasteiger partial charge in [-0.05, 0) is 30.2 Å². The molecule has 0 bridgehead atoms. The lowest BCUT2D eigenvalue weighted by molar-refractivity contribution is -0.119. The van der Waals surface area contributed by atoms with Crippen LogP contribution in [0.2, 0.25) is 0 Å². The maximum absolute atomic E-state index is 12.7. The fourth-order valence-corrected chi connectivity index (χ4v) is 4.71. The first-order valence-corrected chi connectivity index (χ1v) is 12.3. The third kappa shape index (κ3) is 5.13. The molecule has 178 valence electrons. The van der Waals surface area contributed by atoms with Crippen LogP contribution in [0.1, 0.15) is 24.1 Å². The second kappa shape index (κ2) is 10.4. The molecule has 2 aliphatic rings. The van der Waals surface area contributed by atoms with Crippen LogP contribution in [0.3, 0.4) is 0 Å². The van der Waals surface area contributed by atoms with Crippen molar-refractivity contribution in [3.63, 3.8) is 0 Å². The number of thioether (sulfide) groups is 1. The van der Waals surface area contributed by atoms with Crippen LogP contribution in [0.5, 0.6) is 11.5 Å². The third-order valence-corrected chi connectivity index (χ3v) is 6.75. The van der Waals surface area contributed by atoms with Gasteiger partial charge < -0.3 is 24.4 Å². The molecule has 10 heteroatoms. The Labute approximate surface area is 202 Å². The van der Waals surface area contributed by atoms with Crippen LogP contribution in [-0.4, -0.2) is 59.5 Å². The van der Waals surface area contributed by atoms with E-state index >= 15 is 0 Å². The van der Waals surface area contributed by atoms with Crippen molar-refractivity contribution in [2.45, 2.75) is 24.7 Å². The van der Waals surface area contributed by atoms with Crippen LogP contribution in [0, 0.1) is 0 Å². The molecular weight excluding hydrogens is 454 g/mol. The molecule has 5 rings (SSSR count). The van der Waals surface area contributed by atoms with Gasteiger partial charge in [0.05, 0.1) is 31.6 Å². The standard InChI is InChI=1S/C24H27N5O4S/c1-17(19-7-8-20-21(13-19)33-16-32-20)25-22(30)15-34-24-27-26-23(28-9-11-31-12-10-28)29(24)14-18-5-3-2-4-6-18/h2-8,13,17H,9-12,14-16H2,1H3,(H,25,30)/t17-/m1/s1. The topological polar surface area (TPSA) is 90.7 Å². The van der Waals surface area contributed by atoms with Crippen molar-refractivity contribution in [1.82, 2.24) is 20.1 Å². The summed E-state index contributed by atoms with van der Waals surface area (Å²) in [5, 5.41) is 12.7. The van der Waals surface area contributed by atoms with E-state index in [1.165, 1.54) is 11.8 Å². The van der Waals surface area contributed by atoms with E-state index in [1.54, 1.807) is 0 Å². The highest BCUT2D eigenvalue weighted by Gasteiger charge is 2.22. The van der Waals surface area contributed by atoms with Crippen molar-refractivity contribution in [2.75, 3.05) is 43.7 Å². The van der Waals surface area contributed by atoms with Gasteiger partial charge in [0.25, 0.3) is 0 Å². The van der Waals surface area contributed by atoms with E-state index in [4.69, 9.17) is 14.2 Å². The van der Waals surface area contributed by atoms with Crippen LogP contribution in [0.4, 0.5) is 5.95 Å². The maximum atomic E-state index is 12.7. The summed E-state index contributed by atoms with van der Waals surface area (Å²) in [5.41, 5.74) is 2.11. The van der Waals surface area contributed by atoms with Crippen LogP contribution in [0.25, 0.3) is 0 Å². The number of hydrogen-bond donors (Lipinski definition) is 1. The average Bonchev–Trinajstić information content (AvgIpc) is 3.50. The molecule has 3 aromatic rings. The highest BCUT2D eigenvalue weighted by atomic mass is 32.2. The van der Waals surface area contributed by atoms with Crippen molar-refractivity contribution in [2.24, 2.45) is 0 Å². The van der Waals surface area contributed by atoms with Crippen molar-refractivity contribution in [3.05, 3.63) is 59.7 Å². The minimum Gasteiger partial charge on any atom is -0.454 e. The van der Waals surface area contributed by atoms with Gasteiger partial charge in [0.15, 0.2) is 16.7 Å². The number of carbonyl (C=O) groups is 1. The molecule has 0 unspecified atom stereocenters. The smallest absolute Gasteiger partial charge is 0.231 e. The first-order chi connectivity index (χ1) is 16.7. The Morgan fingerprint density at radius 1 is 1.09 bits per heavy atom. The Morgan fingerprint density at radius 3 is 2.71 bits per heavy atom. The molecule has 1 atom stereocenters. The summed E-state index contributed by atoms with van der Waals surface area (Å²) >= 11 is 1.39. The highest BCUT2D eigenvalue weighted by Crippen LogP contribution is 2.34. The van der Waals surface area contributed by atoms with E-state index < -0.39 is 0 Å². The van der Waals surface area contributed by atoms with Crippen molar-refractivity contribution in [1.29, 1.82) is 0 Å². The van der Waals surface area contributed by atoms with Gasteiger partial charge in [-0.2, -0.15) is 0 Å². The summed E-state index contributed by atoms with van der Waals surface area (Å²) in [5.74, 6) is 2.41. The van der Waals surface area contributed by atoms with Crippen LogP contribution in [-0.2, 0) is 16.1 Å². The lowest BCUT2D eigenvalue weighted by atomic mass is 10.1. The molecule has 9 nitrogen and oxygen atoms in total. The summed E-state index contributed by atoms with van der Waals surface area (Å²) in [6.07, 6.45) is 0. The monoisotopic (exact) mass is 481 g/mol. The van der Waals surface area contributed by atoms with Gasteiger partial charge >= 0.3 is 0 Å². The summed E-state index contributed by atoms with van der Waals surface area (Å²) in [6.45, 7) is 5.69. The molecule has 2 aliphatic heterocycles. The normalized spacial score (nSPS) is 15.9. The largest absolute Gasteiger partial charge is 0.454 e. The Morgan fingerprint density at radius 2 is 1.88 bits per heavy atom. The fourth-order valence-electron chi connectivity index (χ4n) is 3.97. The number of fused-ring (bicyclic) bond motifs is 1.